The summed E-state index contributed by atoms with van der Waals surface area (Å²) in [6.07, 6.45) is -8.72. The van der Waals surface area contributed by atoms with Gasteiger partial charge < -0.3 is 73.4 Å². The van der Waals surface area contributed by atoms with E-state index in [2.05, 4.69) is 15.4 Å². The van der Waals surface area contributed by atoms with Crippen LogP contribution < -0.4 is 9.80 Å². The number of benzene rings is 1. The number of carbonyl (C=O) groups excluding carboxylic acids is 2. The maximum absolute atomic E-state index is 15.3. The van der Waals surface area contributed by atoms with Crippen LogP contribution in [-0.2, 0) is 50.9 Å². The lowest BCUT2D eigenvalue weighted by Crippen LogP contribution is -2.62. The van der Waals surface area contributed by atoms with Crippen LogP contribution in [0.1, 0.15) is 101 Å². The zero-order chi connectivity index (χ0) is 56.5. The second kappa shape index (κ2) is 25.0. The molecule has 1 aromatic carbocycles. The summed E-state index contributed by atoms with van der Waals surface area (Å²) in [4.78, 5) is 36.2. The van der Waals surface area contributed by atoms with Gasteiger partial charge in [-0.15, -0.1) is 10.2 Å². The number of nitrogens with zero attached hydrogens (tertiary/aromatic N) is 8. The molecule has 2 aromatic rings. The molecule has 1 aromatic heterocycles. The van der Waals surface area contributed by atoms with Gasteiger partial charge in [-0.1, -0.05) is 27.7 Å². The molecule has 1 unspecified atom stereocenters. The molecule has 6 heterocycles. The number of aromatic nitrogens is 4. The highest BCUT2D eigenvalue weighted by Crippen LogP contribution is 2.45. The predicted molar refractivity (Wildman–Crippen MR) is 280 cm³/mol. The molecule has 1 amide bonds. The van der Waals surface area contributed by atoms with Crippen molar-refractivity contribution in [1.82, 2.24) is 30.0 Å². The summed E-state index contributed by atoms with van der Waals surface area (Å²) in [5, 5.41) is 73.3. The average molecular weight is 1090 g/mol. The van der Waals surface area contributed by atoms with Gasteiger partial charge in [-0.25, -0.2) is 9.18 Å². The predicted octanol–water partition coefficient (Wildman–Crippen LogP) is 2.77. The first-order valence-corrected chi connectivity index (χ1v) is 27.7. The minimum Gasteiger partial charge on any atom is -0.459 e. The van der Waals surface area contributed by atoms with Gasteiger partial charge in [-0.2, -0.15) is 4.80 Å². The van der Waals surface area contributed by atoms with Gasteiger partial charge in [0.25, 0.3) is 0 Å². The molecule has 0 radical (unpaired) electrons. The number of methoxy groups -OCH3 is 1. The molecule has 436 valence electrons. The zero-order valence-electron chi connectivity index (χ0n) is 47.5. The van der Waals surface area contributed by atoms with Crippen LogP contribution in [0.4, 0.5) is 20.6 Å². The summed E-state index contributed by atoms with van der Waals surface area (Å²) in [5.74, 6) is -3.31. The average Bonchev–Trinajstić information content (AvgIpc) is 4.01. The van der Waals surface area contributed by atoms with Crippen LogP contribution in [0.5, 0.6) is 0 Å². The van der Waals surface area contributed by atoms with E-state index in [9.17, 15) is 35.1 Å². The third-order valence-corrected chi connectivity index (χ3v) is 17.5. The number of halogens is 1. The lowest BCUT2D eigenvalue weighted by molar-refractivity contribution is -0.302. The molecule has 23 heteroatoms. The van der Waals surface area contributed by atoms with E-state index in [1.54, 1.807) is 53.7 Å². The van der Waals surface area contributed by atoms with Crippen LogP contribution in [0.2, 0.25) is 0 Å². The number of amides is 1. The number of morpholine rings is 1. The first-order valence-electron chi connectivity index (χ1n) is 27.7. The number of likely N-dealkylation sites (N-methyl/N-ethyl adjacent to an activating group) is 2. The maximum Gasteiger partial charge on any atom is 0.414 e. The quantitative estimate of drug-likeness (QED) is 0.181. The molecule has 0 bridgehead atoms. The number of ether oxygens (including phenoxy) is 7. The van der Waals surface area contributed by atoms with Crippen molar-refractivity contribution in [2.24, 2.45) is 23.7 Å². The third-order valence-electron chi connectivity index (χ3n) is 17.5. The summed E-state index contributed by atoms with van der Waals surface area (Å²) in [6, 6.07) is 3.64. The summed E-state index contributed by atoms with van der Waals surface area (Å²) in [7, 11) is 5.23. The Kier molecular flexibility index (Phi) is 19.8. The van der Waals surface area contributed by atoms with Gasteiger partial charge in [0.2, 0.25) is 0 Å². The van der Waals surface area contributed by atoms with Crippen molar-refractivity contribution in [2.75, 3.05) is 76.9 Å². The minimum atomic E-state index is -1.84. The fourth-order valence-corrected chi connectivity index (χ4v) is 12.8. The smallest absolute Gasteiger partial charge is 0.414 e. The summed E-state index contributed by atoms with van der Waals surface area (Å²) in [6.45, 7) is 21.0. The van der Waals surface area contributed by atoms with Crippen LogP contribution in [0, 0.1) is 29.5 Å². The van der Waals surface area contributed by atoms with Gasteiger partial charge in [0.1, 0.15) is 48.5 Å². The fraction of sp³-hybridized carbons (Fsp3) is 0.833. The maximum atomic E-state index is 15.3. The van der Waals surface area contributed by atoms with E-state index < -0.39 is 126 Å². The van der Waals surface area contributed by atoms with Crippen LogP contribution >= 0.6 is 0 Å². The Balaban J connectivity index is 1.08. The Morgan fingerprint density at radius 3 is 2.31 bits per heavy atom. The first-order chi connectivity index (χ1) is 36.2. The minimum absolute atomic E-state index is 0.122. The number of tetrazole rings is 1. The summed E-state index contributed by atoms with van der Waals surface area (Å²) < 4.78 is 58.5. The fourth-order valence-electron chi connectivity index (χ4n) is 12.8. The van der Waals surface area contributed by atoms with Gasteiger partial charge >= 0.3 is 12.1 Å². The van der Waals surface area contributed by atoms with Crippen molar-refractivity contribution in [1.29, 1.82) is 0 Å². The molecule has 77 heavy (non-hydrogen) atoms. The Hall–Kier alpha value is -3.72. The van der Waals surface area contributed by atoms with E-state index >= 15 is 4.39 Å². The van der Waals surface area contributed by atoms with E-state index in [4.69, 9.17) is 33.2 Å². The summed E-state index contributed by atoms with van der Waals surface area (Å²) in [5.41, 5.74) is -3.71. The molecule has 5 aliphatic rings. The second-order valence-electron chi connectivity index (χ2n) is 23.6. The highest BCUT2D eigenvalue weighted by atomic mass is 19.1. The molecule has 19 atom stereocenters. The van der Waals surface area contributed by atoms with Crippen LogP contribution in [-0.4, -0.2) is 225 Å². The van der Waals surface area contributed by atoms with E-state index in [0.717, 1.165) is 0 Å². The molecule has 5 N–H and O–H groups in total. The van der Waals surface area contributed by atoms with Crippen molar-refractivity contribution in [3.8, 4) is 0 Å². The van der Waals surface area contributed by atoms with Crippen molar-refractivity contribution >= 4 is 23.4 Å². The molecule has 0 aliphatic carbocycles. The molecule has 7 rings (SSSR count). The Morgan fingerprint density at radius 1 is 0.948 bits per heavy atom. The number of rotatable bonds is 13. The number of carbonyl (C=O) groups is 2. The van der Waals surface area contributed by atoms with E-state index in [-0.39, 0.29) is 38.3 Å². The molecule has 5 aliphatic heterocycles. The molecule has 5 saturated heterocycles. The van der Waals surface area contributed by atoms with Gasteiger partial charge in [0.05, 0.1) is 72.7 Å². The van der Waals surface area contributed by atoms with Crippen molar-refractivity contribution in [2.45, 2.75) is 198 Å². The van der Waals surface area contributed by atoms with Crippen molar-refractivity contribution < 1.29 is 72.7 Å². The SMILES string of the molecule is CC[C@H]1OC(=O)[C@H](C)C([C@H]2C[C@@](C)(OC)[C@@H](O)[C@H](C)O2)[C@H](C)[C@@H](O[C@@H]2O[C@H](C)C[C@H](N(C)CCc3nnn(C[C@H]4CN(c5ccc(N6CCOCC6)c(F)c5)C(=O)O4)n3)[C@H]2O)[C@](C)(O)C[C@@H](C)CN(C)[C@H](C)[C@@H](O)[C@]1(C)O. The molecular formula is C54H89FN8O14. The number of aliphatic hydroxyl groups excluding tert-OH is 3. The summed E-state index contributed by atoms with van der Waals surface area (Å²) >= 11 is 0. The molecule has 5 fully saturated rings. The van der Waals surface area contributed by atoms with Crippen LogP contribution in [0.3, 0.4) is 0 Å². The topological polar surface area (TPSA) is 256 Å². The van der Waals surface area contributed by atoms with Crippen molar-refractivity contribution in [3.63, 3.8) is 0 Å². The lowest BCUT2D eigenvalue weighted by atomic mass is 9.68. The third kappa shape index (κ3) is 13.6. The van der Waals surface area contributed by atoms with Crippen LogP contribution in [0.25, 0.3) is 0 Å². The standard InChI is InChI=1S/C54H89FN8O14/c1-14-42-54(10,70)46(65)34(6)60(12)27-30(2)25-52(8,69)48(32(4)44(33(5)49(67)76-42)41-26-53(9,71-13)47(66)35(7)74-41)77-50-45(64)40(23-31(3)73-50)59(11)18-17-43-56-58-63(57-43)29-37-28-62(51(68)75-37)36-15-16-39(38(55)24-36)61-19-21-72-22-20-61/h15-16,24,30-35,37,40-42,44-48,50,64-66,69-70H,14,17-23,25-29H2,1-13H3/t30-,31-,32+,33-,34-,35+,37-,40+,41-,42-,44?,45-,46-,47+,48-,50+,52-,53-,54-/m1/s1. The lowest BCUT2D eigenvalue weighted by Gasteiger charge is -2.51. The second-order valence-corrected chi connectivity index (χ2v) is 23.6. The number of anilines is 2. The van der Waals surface area contributed by atoms with Crippen molar-refractivity contribution in [3.05, 3.63) is 29.8 Å². The number of esters is 1. The monoisotopic (exact) mass is 1090 g/mol. The Labute approximate surface area is 453 Å². The Bertz CT molecular complexity index is 2280. The van der Waals surface area contributed by atoms with Gasteiger partial charge in [-0.05, 0) is 110 Å². The number of cyclic esters (lactones) is 2. The van der Waals surface area contributed by atoms with Crippen LogP contribution in [0.15, 0.2) is 18.2 Å². The number of hydrogen-bond donors (Lipinski definition) is 5. The van der Waals surface area contributed by atoms with E-state index in [1.165, 1.54) is 29.8 Å². The molecule has 0 spiro atoms. The van der Waals surface area contributed by atoms with E-state index in [0.29, 0.717) is 69.4 Å². The zero-order valence-corrected chi connectivity index (χ0v) is 47.5. The Morgan fingerprint density at radius 2 is 1.65 bits per heavy atom. The van der Waals surface area contributed by atoms with Gasteiger partial charge in [0, 0.05) is 64.1 Å². The highest BCUT2D eigenvalue weighted by Gasteiger charge is 2.55. The molecular weight excluding hydrogens is 1000 g/mol. The van der Waals surface area contributed by atoms with Gasteiger partial charge in [-0.3, -0.25) is 9.69 Å². The molecule has 22 nitrogen and oxygen atoms in total. The van der Waals surface area contributed by atoms with Gasteiger partial charge in [0.15, 0.2) is 12.1 Å². The largest absolute Gasteiger partial charge is 0.459 e. The highest BCUT2D eigenvalue weighted by molar-refractivity contribution is 5.90. The normalized spacial score (nSPS) is 40.5. The van der Waals surface area contributed by atoms with E-state index in [1.807, 2.05) is 49.6 Å². The molecule has 0 saturated carbocycles. The number of aliphatic hydroxyl groups is 5. The number of hydrogen-bond acceptors (Lipinski definition) is 20. The first kappa shape index (κ1) is 60.9.